The summed E-state index contributed by atoms with van der Waals surface area (Å²) in [6, 6.07) is 3.57. The Labute approximate surface area is 114 Å². The zero-order chi connectivity index (χ0) is 13.1. The lowest BCUT2D eigenvalue weighted by atomic mass is 10.2. The highest BCUT2D eigenvalue weighted by molar-refractivity contribution is 9.10. The van der Waals surface area contributed by atoms with E-state index in [1.54, 1.807) is 23.0 Å². The molecule has 2 rings (SSSR count). The van der Waals surface area contributed by atoms with Crippen molar-refractivity contribution in [1.82, 2.24) is 9.55 Å². The van der Waals surface area contributed by atoms with Gasteiger partial charge in [-0.3, -0.25) is 0 Å². The van der Waals surface area contributed by atoms with Gasteiger partial charge in [0.1, 0.15) is 5.82 Å². The minimum atomic E-state index is -0.298. The Hall–Kier alpha value is -1.20. The monoisotopic (exact) mass is 311 g/mol. The third-order valence-corrected chi connectivity index (χ3v) is 3.67. The van der Waals surface area contributed by atoms with Gasteiger partial charge in [0.2, 0.25) is 0 Å². The lowest BCUT2D eigenvalue weighted by Gasteiger charge is -2.11. The second-order valence-corrected chi connectivity index (χ2v) is 4.83. The van der Waals surface area contributed by atoms with Gasteiger partial charge >= 0.3 is 0 Å². The van der Waals surface area contributed by atoms with E-state index in [-0.39, 0.29) is 5.82 Å². The fraction of sp³-hybridized carbons (Fsp3) is 0.308. The Bertz CT molecular complexity index is 551. The number of aromatic nitrogens is 2. The highest BCUT2D eigenvalue weighted by Gasteiger charge is 2.14. The fourth-order valence-electron chi connectivity index (χ4n) is 1.89. The summed E-state index contributed by atoms with van der Waals surface area (Å²) in [5.74, 6) is 0.567. The van der Waals surface area contributed by atoms with Gasteiger partial charge in [-0.05, 0) is 34.0 Å². The van der Waals surface area contributed by atoms with Gasteiger partial charge in [0, 0.05) is 25.4 Å². The van der Waals surface area contributed by atoms with Crippen LogP contribution >= 0.6 is 15.9 Å². The number of halogens is 2. The third kappa shape index (κ3) is 2.33. The van der Waals surface area contributed by atoms with Gasteiger partial charge in [-0.1, -0.05) is 13.0 Å². The molecule has 0 bridgehead atoms. The van der Waals surface area contributed by atoms with Gasteiger partial charge in [0.05, 0.1) is 10.2 Å². The maximum Gasteiger partial charge on any atom is 0.161 e. The molecule has 0 atom stereocenters. The molecule has 96 valence electrons. The van der Waals surface area contributed by atoms with Crippen LogP contribution in [0.15, 0.2) is 29.0 Å². The van der Waals surface area contributed by atoms with Gasteiger partial charge < -0.3 is 10.3 Å². The molecule has 0 spiro atoms. The maximum atomic E-state index is 14.3. The highest BCUT2D eigenvalue weighted by atomic mass is 79.9. The molecule has 1 heterocycles. The number of rotatable bonds is 4. The molecule has 18 heavy (non-hydrogen) atoms. The van der Waals surface area contributed by atoms with Crippen molar-refractivity contribution in [1.29, 1.82) is 0 Å². The summed E-state index contributed by atoms with van der Waals surface area (Å²) >= 11 is 3.25. The maximum absolute atomic E-state index is 14.3. The van der Waals surface area contributed by atoms with Crippen molar-refractivity contribution in [3.05, 3.63) is 46.2 Å². The summed E-state index contributed by atoms with van der Waals surface area (Å²) in [5.41, 5.74) is 6.81. The van der Waals surface area contributed by atoms with E-state index in [0.717, 1.165) is 24.2 Å². The smallest absolute Gasteiger partial charge is 0.161 e. The summed E-state index contributed by atoms with van der Waals surface area (Å²) in [6.07, 6.45) is 5.26. The van der Waals surface area contributed by atoms with Crippen LogP contribution < -0.4 is 5.73 Å². The van der Waals surface area contributed by atoms with Gasteiger partial charge in [0.25, 0.3) is 0 Å². The fourth-order valence-corrected chi connectivity index (χ4v) is 2.38. The number of hydrogen-bond donors (Lipinski definition) is 1. The van der Waals surface area contributed by atoms with E-state index in [1.165, 1.54) is 0 Å². The van der Waals surface area contributed by atoms with E-state index < -0.39 is 0 Å². The van der Waals surface area contributed by atoms with Crippen LogP contribution in [0.25, 0.3) is 5.69 Å². The average Bonchev–Trinajstić information content (AvgIpc) is 2.81. The SMILES string of the molecule is CCCc1nccn1-c1ccc(CN)c(Br)c1F. The van der Waals surface area contributed by atoms with Crippen molar-refractivity contribution in [2.24, 2.45) is 5.73 Å². The van der Waals surface area contributed by atoms with Crippen molar-refractivity contribution in [2.75, 3.05) is 0 Å². The summed E-state index contributed by atoms with van der Waals surface area (Å²) in [5, 5.41) is 0. The lowest BCUT2D eigenvalue weighted by molar-refractivity contribution is 0.605. The van der Waals surface area contributed by atoms with E-state index in [4.69, 9.17) is 5.73 Å². The first kappa shape index (κ1) is 13.2. The molecule has 0 amide bonds. The molecule has 0 radical (unpaired) electrons. The predicted molar refractivity (Wildman–Crippen MR) is 73.1 cm³/mol. The Morgan fingerprint density at radius 2 is 2.22 bits per heavy atom. The molecule has 0 aliphatic heterocycles. The van der Waals surface area contributed by atoms with Gasteiger partial charge in [-0.25, -0.2) is 9.37 Å². The standard InChI is InChI=1S/C13H15BrFN3/c1-2-3-11-17-6-7-18(11)10-5-4-9(8-16)12(14)13(10)15/h4-7H,2-3,8,16H2,1H3. The molecule has 1 aromatic carbocycles. The minimum absolute atomic E-state index is 0.298. The molecule has 0 aliphatic rings. The van der Waals surface area contributed by atoms with Crippen molar-refractivity contribution in [2.45, 2.75) is 26.3 Å². The van der Waals surface area contributed by atoms with Crippen LogP contribution in [-0.4, -0.2) is 9.55 Å². The molecule has 2 N–H and O–H groups in total. The van der Waals surface area contributed by atoms with E-state index in [9.17, 15) is 4.39 Å². The molecule has 0 aliphatic carbocycles. The normalized spacial score (nSPS) is 10.9. The van der Waals surface area contributed by atoms with E-state index >= 15 is 0 Å². The largest absolute Gasteiger partial charge is 0.326 e. The molecule has 3 nitrogen and oxygen atoms in total. The Morgan fingerprint density at radius 1 is 1.44 bits per heavy atom. The molecule has 0 fully saturated rings. The Kier molecular flexibility index (Phi) is 4.14. The number of aryl methyl sites for hydroxylation is 1. The van der Waals surface area contributed by atoms with Crippen LogP contribution in [0, 0.1) is 5.82 Å². The first-order valence-corrected chi connectivity index (χ1v) is 6.67. The Morgan fingerprint density at radius 3 is 2.89 bits per heavy atom. The van der Waals surface area contributed by atoms with E-state index in [0.29, 0.717) is 16.7 Å². The average molecular weight is 312 g/mol. The van der Waals surface area contributed by atoms with Gasteiger partial charge in [0.15, 0.2) is 5.82 Å². The number of nitrogens with zero attached hydrogens (tertiary/aromatic N) is 2. The quantitative estimate of drug-likeness (QED) is 0.942. The molecule has 0 unspecified atom stereocenters. The molecular formula is C13H15BrFN3. The summed E-state index contributed by atoms with van der Waals surface area (Å²) in [7, 11) is 0. The van der Waals surface area contributed by atoms with Crippen molar-refractivity contribution in [3.63, 3.8) is 0 Å². The molecule has 0 saturated carbocycles. The predicted octanol–water partition coefficient (Wildman–Crippen LogP) is 3.19. The summed E-state index contributed by atoms with van der Waals surface area (Å²) in [6.45, 7) is 2.38. The minimum Gasteiger partial charge on any atom is -0.326 e. The summed E-state index contributed by atoms with van der Waals surface area (Å²) < 4.78 is 16.5. The zero-order valence-corrected chi connectivity index (χ0v) is 11.7. The number of imidazole rings is 1. The van der Waals surface area contributed by atoms with Crippen LogP contribution in [0.2, 0.25) is 0 Å². The van der Waals surface area contributed by atoms with E-state index in [2.05, 4.69) is 27.8 Å². The second kappa shape index (κ2) is 5.63. The number of benzene rings is 1. The van der Waals surface area contributed by atoms with Crippen LogP contribution in [-0.2, 0) is 13.0 Å². The van der Waals surface area contributed by atoms with Crippen molar-refractivity contribution < 1.29 is 4.39 Å². The van der Waals surface area contributed by atoms with Gasteiger partial charge in [-0.2, -0.15) is 0 Å². The molecule has 2 aromatic rings. The van der Waals surface area contributed by atoms with Gasteiger partial charge in [-0.15, -0.1) is 0 Å². The zero-order valence-electron chi connectivity index (χ0n) is 10.2. The topological polar surface area (TPSA) is 43.8 Å². The van der Waals surface area contributed by atoms with Crippen LogP contribution in [0.1, 0.15) is 24.7 Å². The molecular weight excluding hydrogens is 297 g/mol. The van der Waals surface area contributed by atoms with Crippen LogP contribution in [0.3, 0.4) is 0 Å². The summed E-state index contributed by atoms with van der Waals surface area (Å²) in [4.78, 5) is 4.25. The first-order chi connectivity index (χ1) is 8.69. The lowest BCUT2D eigenvalue weighted by Crippen LogP contribution is -2.06. The van der Waals surface area contributed by atoms with Crippen LogP contribution in [0.4, 0.5) is 4.39 Å². The van der Waals surface area contributed by atoms with Crippen molar-refractivity contribution in [3.8, 4) is 5.69 Å². The molecule has 5 heteroatoms. The molecule has 0 saturated heterocycles. The van der Waals surface area contributed by atoms with E-state index in [1.807, 2.05) is 6.07 Å². The second-order valence-electron chi connectivity index (χ2n) is 4.04. The highest BCUT2D eigenvalue weighted by Crippen LogP contribution is 2.26. The third-order valence-electron chi connectivity index (χ3n) is 2.81. The number of nitrogens with two attached hydrogens (primary N) is 1. The Balaban J connectivity index is 2.51. The van der Waals surface area contributed by atoms with Crippen molar-refractivity contribution >= 4 is 15.9 Å². The number of hydrogen-bond acceptors (Lipinski definition) is 2. The molecule has 1 aromatic heterocycles. The van der Waals surface area contributed by atoms with Crippen LogP contribution in [0.5, 0.6) is 0 Å². The first-order valence-electron chi connectivity index (χ1n) is 5.88.